The minimum Gasteiger partial charge on any atom is -0.378 e. The molecule has 0 unspecified atom stereocenters. The molecule has 1 spiro atoms. The lowest BCUT2D eigenvalue weighted by Crippen LogP contribution is -2.62. The first-order valence-electron chi connectivity index (χ1n) is 21.5. The molecule has 4 aliphatic rings. The number of amides is 5. The monoisotopic (exact) mass is 776 g/mol. The maximum atomic E-state index is 14.2. The van der Waals surface area contributed by atoms with Gasteiger partial charge in [0.05, 0.1) is 25.2 Å². The second-order valence-corrected chi connectivity index (χ2v) is 17.2. The number of ether oxygens (including phenoxy) is 2. The zero-order valence-electron chi connectivity index (χ0n) is 34.4. The van der Waals surface area contributed by atoms with E-state index in [0.29, 0.717) is 37.2 Å². The van der Waals surface area contributed by atoms with Crippen molar-refractivity contribution in [1.82, 2.24) is 31.5 Å². The van der Waals surface area contributed by atoms with E-state index in [0.717, 1.165) is 90.1 Å². The van der Waals surface area contributed by atoms with Crippen molar-refractivity contribution >= 4 is 29.5 Å². The van der Waals surface area contributed by atoms with E-state index in [1.807, 2.05) is 20.8 Å². The average Bonchev–Trinajstić information content (AvgIpc) is 3.42. The van der Waals surface area contributed by atoms with E-state index < -0.39 is 65.9 Å². The lowest BCUT2D eigenvalue weighted by Gasteiger charge is -2.54. The number of carbonyl (C=O) groups is 5. The summed E-state index contributed by atoms with van der Waals surface area (Å²) < 4.78 is 12.5. The van der Waals surface area contributed by atoms with E-state index in [1.54, 1.807) is 7.05 Å². The van der Waals surface area contributed by atoms with Gasteiger partial charge in [0.2, 0.25) is 29.5 Å². The van der Waals surface area contributed by atoms with Gasteiger partial charge in [-0.3, -0.25) is 24.0 Å². The van der Waals surface area contributed by atoms with Crippen molar-refractivity contribution in [3.05, 3.63) is 0 Å². The fourth-order valence-electron chi connectivity index (χ4n) is 8.95. The maximum absolute atomic E-state index is 14.2. The Morgan fingerprint density at radius 1 is 0.782 bits per heavy atom. The Kier molecular flexibility index (Phi) is 18.1. The van der Waals surface area contributed by atoms with Gasteiger partial charge in [-0.25, -0.2) is 0 Å². The summed E-state index contributed by atoms with van der Waals surface area (Å²) in [6, 6.07) is -4.38. The molecule has 2 saturated heterocycles. The average molecular weight is 776 g/mol. The highest BCUT2D eigenvalue weighted by Crippen LogP contribution is 2.48. The van der Waals surface area contributed by atoms with Gasteiger partial charge >= 0.3 is 0 Å². The molecule has 5 amide bonds. The summed E-state index contributed by atoms with van der Waals surface area (Å²) in [6.07, 6.45) is 12.9. The van der Waals surface area contributed by atoms with Crippen LogP contribution in [0.25, 0.3) is 0 Å². The van der Waals surface area contributed by atoms with Crippen LogP contribution in [0.1, 0.15) is 124 Å². The summed E-state index contributed by atoms with van der Waals surface area (Å²) in [7, 11) is 1.66. The van der Waals surface area contributed by atoms with E-state index in [4.69, 9.17) is 15.2 Å². The summed E-state index contributed by atoms with van der Waals surface area (Å²) in [5, 5.41) is 15.0. The Hall–Kier alpha value is -2.81. The lowest BCUT2D eigenvalue weighted by molar-refractivity contribution is -0.147. The first-order chi connectivity index (χ1) is 26.4. The second kappa shape index (κ2) is 22.2. The van der Waals surface area contributed by atoms with Gasteiger partial charge in [0.25, 0.3) is 0 Å². The van der Waals surface area contributed by atoms with E-state index in [9.17, 15) is 24.0 Å². The number of likely N-dealkylation sites (N-methyl/N-ethyl adjacent to an activating group) is 1. The number of unbranched alkanes of at least 4 members (excludes halogenated alkanes) is 3. The zero-order chi connectivity index (χ0) is 40.0. The van der Waals surface area contributed by atoms with Gasteiger partial charge in [0, 0.05) is 39.3 Å². The fraction of sp³-hybridized carbons (Fsp3) is 0.878. The molecule has 0 aromatic heterocycles. The minimum atomic E-state index is -1.15. The molecule has 0 radical (unpaired) electrons. The number of hydrogen-bond acceptors (Lipinski definition) is 9. The highest BCUT2D eigenvalue weighted by molar-refractivity contribution is 5.96. The normalized spacial score (nSPS) is 31.1. The molecular weight excluding hydrogens is 702 g/mol. The molecule has 0 bridgehead atoms. The van der Waals surface area contributed by atoms with Crippen LogP contribution >= 0.6 is 0 Å². The van der Waals surface area contributed by atoms with E-state index >= 15 is 0 Å². The zero-order valence-corrected chi connectivity index (χ0v) is 34.4. The van der Waals surface area contributed by atoms with Crippen LogP contribution in [0.15, 0.2) is 0 Å². The molecule has 55 heavy (non-hydrogen) atoms. The predicted octanol–water partition coefficient (Wildman–Crippen LogP) is 2.52. The minimum absolute atomic E-state index is 0.0460. The summed E-state index contributed by atoms with van der Waals surface area (Å²) in [5.74, 6) is -2.46. The molecule has 14 heteroatoms. The van der Waals surface area contributed by atoms with Crippen LogP contribution in [-0.4, -0.2) is 117 Å². The van der Waals surface area contributed by atoms with Crippen molar-refractivity contribution in [2.75, 3.05) is 46.5 Å². The largest absolute Gasteiger partial charge is 0.378 e. The SMILES string of the molecule is CCCCCC[C@H]1OC[C@@H](C)NC(=O)[C@H](COCC2CC3(CNC3)C2)NC(=O)[C@H](CN)NC(=O)[C@H](C2CCCCCC2)NC(=O)[C@H](CCC)N(C)C(=O)[C@@H]1C. The summed E-state index contributed by atoms with van der Waals surface area (Å²) in [5.41, 5.74) is 6.48. The first-order valence-corrected chi connectivity index (χ1v) is 21.5. The molecule has 2 aliphatic carbocycles. The number of hydrogen-bond donors (Lipinski definition) is 6. The van der Waals surface area contributed by atoms with Gasteiger partial charge < -0.3 is 46.7 Å². The smallest absolute Gasteiger partial charge is 0.245 e. The van der Waals surface area contributed by atoms with Crippen LogP contribution in [0.5, 0.6) is 0 Å². The van der Waals surface area contributed by atoms with Crippen molar-refractivity contribution in [3.63, 3.8) is 0 Å². The standard InChI is InChI=1S/C41H73N7O7/c1-6-8-9-14-18-34-28(4)40(53)48(5)33(15-7-2)38(51)47-35(30-16-12-10-11-13-17-30)39(52)45-31(21-42)36(49)46-32(37(50)44-27(3)22-55-34)24-54-23-29-19-41(20-29)25-43-26-41/h27-35,43H,6-26,42H2,1-5H3,(H,44,50)(H,45,52)(H,46,49)(H,47,51)/t27-,28-,31+,32+,33+,34-,35+/m1/s1. The highest BCUT2D eigenvalue weighted by atomic mass is 16.5. The van der Waals surface area contributed by atoms with Gasteiger partial charge in [-0.1, -0.05) is 78.6 Å². The topological polar surface area (TPSA) is 193 Å². The predicted molar refractivity (Wildman–Crippen MR) is 212 cm³/mol. The van der Waals surface area contributed by atoms with Crippen LogP contribution in [0, 0.1) is 23.2 Å². The molecule has 0 aromatic carbocycles. The van der Waals surface area contributed by atoms with Crippen LogP contribution in [0.3, 0.4) is 0 Å². The van der Waals surface area contributed by atoms with Gasteiger partial charge in [-0.2, -0.15) is 0 Å². The molecule has 2 saturated carbocycles. The van der Waals surface area contributed by atoms with Gasteiger partial charge in [-0.05, 0) is 62.7 Å². The van der Waals surface area contributed by atoms with Crippen molar-refractivity contribution in [2.45, 2.75) is 160 Å². The molecule has 2 aliphatic heterocycles. The third-order valence-corrected chi connectivity index (χ3v) is 12.5. The van der Waals surface area contributed by atoms with E-state index in [-0.39, 0.29) is 31.6 Å². The summed E-state index contributed by atoms with van der Waals surface area (Å²) in [6.45, 7) is 10.2. The maximum Gasteiger partial charge on any atom is 0.245 e. The molecule has 2 heterocycles. The van der Waals surface area contributed by atoms with E-state index in [1.165, 1.54) is 4.90 Å². The number of carbonyl (C=O) groups excluding carboxylic acids is 5. The van der Waals surface area contributed by atoms with Crippen molar-refractivity contribution in [2.24, 2.45) is 28.9 Å². The van der Waals surface area contributed by atoms with Crippen LogP contribution < -0.4 is 32.3 Å². The van der Waals surface area contributed by atoms with Crippen LogP contribution in [0.4, 0.5) is 0 Å². The Bertz CT molecular complexity index is 1250. The first kappa shape index (κ1) is 44.9. The Balaban J connectivity index is 1.60. The lowest BCUT2D eigenvalue weighted by atomic mass is 9.59. The molecule has 314 valence electrons. The Morgan fingerprint density at radius 2 is 1.45 bits per heavy atom. The summed E-state index contributed by atoms with van der Waals surface area (Å²) in [4.78, 5) is 71.7. The van der Waals surface area contributed by atoms with E-state index in [2.05, 4.69) is 33.5 Å². The molecule has 0 aromatic rings. The molecule has 4 fully saturated rings. The molecule has 7 atom stereocenters. The van der Waals surface area contributed by atoms with Crippen LogP contribution in [0.2, 0.25) is 0 Å². The Morgan fingerprint density at radius 3 is 2.07 bits per heavy atom. The number of rotatable bonds is 13. The van der Waals surface area contributed by atoms with Crippen molar-refractivity contribution < 1.29 is 33.4 Å². The van der Waals surface area contributed by atoms with Crippen molar-refractivity contribution in [1.29, 1.82) is 0 Å². The molecule has 4 rings (SSSR count). The fourth-order valence-corrected chi connectivity index (χ4v) is 8.95. The molecule has 7 N–H and O–H groups in total. The number of nitrogens with zero attached hydrogens (tertiary/aromatic N) is 1. The third-order valence-electron chi connectivity index (χ3n) is 12.5. The van der Waals surface area contributed by atoms with Gasteiger partial charge in [-0.15, -0.1) is 0 Å². The van der Waals surface area contributed by atoms with Gasteiger partial charge in [0.1, 0.15) is 24.2 Å². The molecule has 14 nitrogen and oxygen atoms in total. The van der Waals surface area contributed by atoms with Crippen molar-refractivity contribution in [3.8, 4) is 0 Å². The highest BCUT2D eigenvalue weighted by Gasteiger charge is 2.48. The van der Waals surface area contributed by atoms with Gasteiger partial charge in [0.15, 0.2) is 0 Å². The summed E-state index contributed by atoms with van der Waals surface area (Å²) >= 11 is 0. The third kappa shape index (κ3) is 12.8. The quantitative estimate of drug-likeness (QED) is 0.121. The second-order valence-electron chi connectivity index (χ2n) is 17.2. The number of nitrogens with one attached hydrogen (secondary N) is 5. The number of nitrogens with two attached hydrogens (primary N) is 1. The Labute approximate surface area is 329 Å². The molecular formula is C41H73N7O7. The van der Waals surface area contributed by atoms with Crippen LogP contribution in [-0.2, 0) is 33.4 Å².